The Bertz CT molecular complexity index is 1580. The summed E-state index contributed by atoms with van der Waals surface area (Å²) in [6, 6.07) is 16.7. The summed E-state index contributed by atoms with van der Waals surface area (Å²) in [5.74, 6) is 0.502. The Morgan fingerprint density at radius 1 is 1.00 bits per heavy atom. The summed E-state index contributed by atoms with van der Waals surface area (Å²) in [4.78, 5) is 4.27. The molecule has 1 atom stereocenters. The van der Waals surface area contributed by atoms with Crippen LogP contribution in [0, 0.1) is 0 Å². The second-order valence-corrected chi connectivity index (χ2v) is 9.75. The Morgan fingerprint density at radius 2 is 1.95 bits per heavy atom. The van der Waals surface area contributed by atoms with E-state index in [4.69, 9.17) is 15.6 Å². The molecule has 1 fully saturated rings. The molecule has 5 aromatic rings. The van der Waals surface area contributed by atoms with Crippen LogP contribution in [-0.4, -0.2) is 42.9 Å². The first kappa shape index (κ1) is 22.1. The van der Waals surface area contributed by atoms with Gasteiger partial charge in [-0.2, -0.15) is 5.10 Å². The van der Waals surface area contributed by atoms with E-state index in [0.29, 0.717) is 5.82 Å². The van der Waals surface area contributed by atoms with Crippen molar-refractivity contribution < 1.29 is 4.74 Å². The van der Waals surface area contributed by atoms with Gasteiger partial charge in [0, 0.05) is 30.3 Å². The zero-order valence-corrected chi connectivity index (χ0v) is 20.5. The molecule has 3 N–H and O–H groups in total. The highest BCUT2D eigenvalue weighted by Crippen LogP contribution is 2.35. The third-order valence-electron chi connectivity index (χ3n) is 7.33. The first-order valence-electron chi connectivity index (χ1n) is 12.8. The maximum Gasteiger partial charge on any atom is 0.150 e. The third kappa shape index (κ3) is 4.06. The van der Waals surface area contributed by atoms with Crippen LogP contribution in [0.4, 0.5) is 5.82 Å². The summed E-state index contributed by atoms with van der Waals surface area (Å²) in [7, 11) is 0. The van der Waals surface area contributed by atoms with E-state index in [0.717, 1.165) is 84.5 Å². The summed E-state index contributed by atoms with van der Waals surface area (Å²) < 4.78 is 9.95. The van der Waals surface area contributed by atoms with E-state index < -0.39 is 0 Å². The molecule has 0 saturated carbocycles. The number of hydrogen-bond donors (Lipinski definition) is 2. The second-order valence-electron chi connectivity index (χ2n) is 9.75. The maximum absolute atomic E-state index is 6.11. The van der Waals surface area contributed by atoms with Crippen molar-refractivity contribution in [3.63, 3.8) is 0 Å². The van der Waals surface area contributed by atoms with Crippen molar-refractivity contribution in [2.75, 3.05) is 18.9 Å². The average molecular weight is 493 g/mol. The van der Waals surface area contributed by atoms with Gasteiger partial charge in [-0.25, -0.2) is 14.3 Å². The lowest BCUT2D eigenvalue weighted by molar-refractivity contribution is -0.0365. The fourth-order valence-electron chi connectivity index (χ4n) is 5.33. The summed E-state index contributed by atoms with van der Waals surface area (Å²) in [6.07, 6.45) is 7.88. The Labute approximate surface area is 214 Å². The van der Waals surface area contributed by atoms with Gasteiger partial charge in [0.1, 0.15) is 17.2 Å². The number of pyridine rings is 1. The van der Waals surface area contributed by atoms with Gasteiger partial charge in [-0.1, -0.05) is 17.3 Å². The highest BCUT2D eigenvalue weighted by molar-refractivity contribution is 5.95. The van der Waals surface area contributed by atoms with E-state index in [-0.39, 0.29) is 6.23 Å². The topological polar surface area (TPSA) is 109 Å². The van der Waals surface area contributed by atoms with Crippen LogP contribution in [-0.2, 0) is 17.7 Å². The molecule has 7 rings (SSSR count). The fraction of sp³-hybridized carbons (Fsp3) is 0.286. The number of ether oxygens (including phenoxy) is 1. The molecule has 1 unspecified atom stereocenters. The first-order valence-corrected chi connectivity index (χ1v) is 12.8. The molecule has 0 amide bonds. The molecule has 2 aliphatic rings. The van der Waals surface area contributed by atoms with E-state index in [1.807, 2.05) is 27.7 Å². The minimum absolute atomic E-state index is 0.0859. The third-order valence-corrected chi connectivity index (χ3v) is 7.33. The van der Waals surface area contributed by atoms with E-state index in [1.165, 1.54) is 11.1 Å². The zero-order chi connectivity index (χ0) is 24.8. The van der Waals surface area contributed by atoms with E-state index in [9.17, 15) is 0 Å². The summed E-state index contributed by atoms with van der Waals surface area (Å²) >= 11 is 0. The lowest BCUT2D eigenvalue weighted by Gasteiger charge is -2.23. The standard InChI is InChI=1S/C28H28N8O/c29-26-9-6-20(16-31-26)19-5-8-25-23(14-19)28(33-36(25)27-3-1-2-12-37-27)24-17-35(34-32-24)22-7-4-18-10-11-30-15-21(18)13-22/h4-9,13-14,16-17,27,30H,1-3,10-12,15H2,(H2,29,31). The molecule has 3 aromatic heterocycles. The van der Waals surface area contributed by atoms with Crippen LogP contribution in [0.15, 0.2) is 60.9 Å². The molecule has 0 aliphatic carbocycles. The summed E-state index contributed by atoms with van der Waals surface area (Å²) in [5.41, 5.74) is 14.1. The number of nitrogen functional groups attached to an aromatic ring is 1. The lowest BCUT2D eigenvalue weighted by atomic mass is 10.0. The smallest absolute Gasteiger partial charge is 0.150 e. The Kier molecular flexibility index (Phi) is 5.44. The molecule has 0 bridgehead atoms. The number of nitrogens with one attached hydrogen (secondary N) is 1. The molecular weight excluding hydrogens is 464 g/mol. The molecule has 2 aromatic carbocycles. The minimum Gasteiger partial charge on any atom is -0.384 e. The number of rotatable bonds is 4. The summed E-state index contributed by atoms with van der Waals surface area (Å²) in [6.45, 7) is 2.65. The number of benzene rings is 2. The van der Waals surface area contributed by atoms with Gasteiger partial charge in [0.2, 0.25) is 0 Å². The van der Waals surface area contributed by atoms with Gasteiger partial charge in [-0.05, 0) is 85.3 Å². The number of fused-ring (bicyclic) bond motifs is 2. The quantitative estimate of drug-likeness (QED) is 0.386. The monoisotopic (exact) mass is 492 g/mol. The van der Waals surface area contributed by atoms with Gasteiger partial charge in [0.05, 0.1) is 17.4 Å². The average Bonchev–Trinajstić information content (AvgIpc) is 3.59. The number of hydrogen-bond acceptors (Lipinski definition) is 7. The fourth-order valence-corrected chi connectivity index (χ4v) is 5.33. The van der Waals surface area contributed by atoms with Gasteiger partial charge in [-0.15, -0.1) is 5.10 Å². The van der Waals surface area contributed by atoms with Crippen LogP contribution in [0.1, 0.15) is 36.6 Å². The molecule has 0 radical (unpaired) electrons. The molecular formula is C28H28N8O. The Hall–Kier alpha value is -4.08. The van der Waals surface area contributed by atoms with Crippen molar-refractivity contribution in [1.82, 2.24) is 35.1 Å². The van der Waals surface area contributed by atoms with Crippen molar-refractivity contribution >= 4 is 16.7 Å². The van der Waals surface area contributed by atoms with Crippen LogP contribution in [0.25, 0.3) is 39.1 Å². The van der Waals surface area contributed by atoms with E-state index >= 15 is 0 Å². The van der Waals surface area contributed by atoms with Crippen molar-refractivity contribution in [2.45, 2.75) is 38.5 Å². The Balaban J connectivity index is 1.33. The van der Waals surface area contributed by atoms with Crippen molar-refractivity contribution in [2.24, 2.45) is 0 Å². The van der Waals surface area contributed by atoms with Crippen LogP contribution < -0.4 is 11.1 Å². The highest BCUT2D eigenvalue weighted by atomic mass is 16.5. The second kappa shape index (κ2) is 9.10. The Morgan fingerprint density at radius 3 is 2.81 bits per heavy atom. The van der Waals surface area contributed by atoms with E-state index in [1.54, 1.807) is 6.20 Å². The molecule has 9 nitrogen and oxygen atoms in total. The van der Waals surface area contributed by atoms with Crippen LogP contribution >= 0.6 is 0 Å². The number of aromatic nitrogens is 6. The van der Waals surface area contributed by atoms with Gasteiger partial charge < -0.3 is 15.8 Å². The van der Waals surface area contributed by atoms with Gasteiger partial charge >= 0.3 is 0 Å². The van der Waals surface area contributed by atoms with Crippen molar-refractivity contribution in [3.8, 4) is 28.2 Å². The molecule has 186 valence electrons. The molecule has 5 heterocycles. The van der Waals surface area contributed by atoms with Gasteiger partial charge in [-0.3, -0.25) is 0 Å². The first-order chi connectivity index (χ1) is 18.2. The lowest BCUT2D eigenvalue weighted by Crippen LogP contribution is -2.23. The molecule has 37 heavy (non-hydrogen) atoms. The molecule has 9 heteroatoms. The molecule has 0 spiro atoms. The number of nitrogens with zero attached hydrogens (tertiary/aromatic N) is 6. The van der Waals surface area contributed by atoms with Gasteiger partial charge in [0.15, 0.2) is 6.23 Å². The van der Waals surface area contributed by atoms with Gasteiger partial charge in [0.25, 0.3) is 0 Å². The predicted octanol–water partition coefficient (Wildman–Crippen LogP) is 4.27. The maximum atomic E-state index is 6.11. The zero-order valence-electron chi connectivity index (χ0n) is 20.5. The van der Waals surface area contributed by atoms with Crippen LogP contribution in [0.2, 0.25) is 0 Å². The number of nitrogens with two attached hydrogens (primary N) is 1. The summed E-state index contributed by atoms with van der Waals surface area (Å²) in [5, 5.41) is 18.5. The molecule has 1 saturated heterocycles. The highest BCUT2D eigenvalue weighted by Gasteiger charge is 2.23. The van der Waals surface area contributed by atoms with Crippen LogP contribution in [0.3, 0.4) is 0 Å². The van der Waals surface area contributed by atoms with Crippen LogP contribution in [0.5, 0.6) is 0 Å². The normalized spacial score (nSPS) is 17.7. The number of anilines is 1. The van der Waals surface area contributed by atoms with Crippen molar-refractivity contribution in [1.29, 1.82) is 0 Å². The SMILES string of the molecule is Nc1ccc(-c2ccc3c(c2)c(-c2cn(-c4ccc5c(c4)CNCC5)nn2)nn3C2CCCCO2)cn1. The molecule has 2 aliphatic heterocycles. The largest absolute Gasteiger partial charge is 0.384 e. The predicted molar refractivity (Wildman–Crippen MR) is 142 cm³/mol. The minimum atomic E-state index is -0.0859. The van der Waals surface area contributed by atoms with Crippen molar-refractivity contribution in [3.05, 3.63) is 72.1 Å². The van der Waals surface area contributed by atoms with E-state index in [2.05, 4.69) is 57.0 Å².